The van der Waals surface area contributed by atoms with Crippen LogP contribution in [0, 0.1) is 0 Å². The number of aromatic nitrogens is 1. The van der Waals surface area contributed by atoms with Crippen LogP contribution in [0.5, 0.6) is 11.5 Å². The number of methoxy groups -OCH3 is 2. The lowest BCUT2D eigenvalue weighted by Crippen LogP contribution is -1.84. The summed E-state index contributed by atoms with van der Waals surface area (Å²) in [5.41, 5.74) is 7.67. The van der Waals surface area contributed by atoms with Crippen LogP contribution in [0.3, 0.4) is 0 Å². The van der Waals surface area contributed by atoms with Crippen molar-refractivity contribution in [2.45, 2.75) is 0 Å². The van der Waals surface area contributed by atoms with Crippen molar-refractivity contribution in [1.29, 1.82) is 0 Å². The van der Waals surface area contributed by atoms with E-state index in [-0.39, 0.29) is 0 Å². The molecule has 6 aromatic carbocycles. The molecule has 0 bridgehead atoms. The zero-order chi connectivity index (χ0) is 26.5. The second kappa shape index (κ2) is 7.67. The van der Waals surface area contributed by atoms with E-state index >= 15 is 0 Å². The number of hydrogen-bond donors (Lipinski definition) is 0. The third kappa shape index (κ3) is 2.75. The molecule has 3 heterocycles. The fourth-order valence-electron chi connectivity index (χ4n) is 6.63. The number of hydrogen-bond acceptors (Lipinski definition) is 3. The van der Waals surface area contributed by atoms with Crippen LogP contribution in [0.4, 0.5) is 0 Å². The summed E-state index contributed by atoms with van der Waals surface area (Å²) in [7, 11) is 3.43. The van der Waals surface area contributed by atoms with Crippen LogP contribution in [0.2, 0.25) is 0 Å². The molecule has 190 valence electrons. The molecule has 0 aliphatic rings. The Morgan fingerprint density at radius 3 is 2.20 bits per heavy atom. The van der Waals surface area contributed by atoms with Gasteiger partial charge in [0.2, 0.25) is 0 Å². The van der Waals surface area contributed by atoms with E-state index in [9.17, 15) is 0 Å². The third-order valence-corrected chi connectivity index (χ3v) is 8.48. The molecule has 0 saturated heterocycles. The van der Waals surface area contributed by atoms with Crippen LogP contribution in [0.15, 0.2) is 108 Å². The highest BCUT2D eigenvalue weighted by molar-refractivity contribution is 6.27. The lowest BCUT2D eigenvalue weighted by atomic mass is 10.0. The zero-order valence-corrected chi connectivity index (χ0v) is 22.0. The summed E-state index contributed by atoms with van der Waals surface area (Å²) >= 11 is 0. The van der Waals surface area contributed by atoms with Gasteiger partial charge in [-0.1, -0.05) is 36.4 Å². The van der Waals surface area contributed by atoms with E-state index in [0.29, 0.717) is 0 Å². The van der Waals surface area contributed by atoms with Crippen LogP contribution in [-0.2, 0) is 0 Å². The minimum Gasteiger partial charge on any atom is -0.497 e. The number of benzene rings is 6. The molecule has 40 heavy (non-hydrogen) atoms. The Hall–Kier alpha value is -5.22. The van der Waals surface area contributed by atoms with E-state index < -0.39 is 0 Å². The lowest BCUT2D eigenvalue weighted by molar-refractivity contribution is 0.414. The van der Waals surface area contributed by atoms with Crippen molar-refractivity contribution in [3.63, 3.8) is 0 Å². The van der Waals surface area contributed by atoms with Crippen molar-refractivity contribution < 1.29 is 13.9 Å². The molecule has 0 spiro atoms. The van der Waals surface area contributed by atoms with Crippen molar-refractivity contribution in [2.24, 2.45) is 0 Å². The van der Waals surface area contributed by atoms with Gasteiger partial charge in [-0.25, -0.2) is 0 Å². The molecule has 0 N–H and O–H groups in total. The van der Waals surface area contributed by atoms with Crippen molar-refractivity contribution in [2.75, 3.05) is 14.2 Å². The Morgan fingerprint density at radius 1 is 0.550 bits per heavy atom. The fraction of sp³-hybridized carbons (Fsp3) is 0.0556. The smallest absolute Gasteiger partial charge is 0.139 e. The van der Waals surface area contributed by atoms with E-state index in [4.69, 9.17) is 13.9 Å². The van der Waals surface area contributed by atoms with Gasteiger partial charge in [-0.15, -0.1) is 0 Å². The molecule has 0 radical (unpaired) electrons. The molecule has 0 aliphatic carbocycles. The second-order valence-electron chi connectivity index (χ2n) is 10.5. The van der Waals surface area contributed by atoms with Crippen LogP contribution in [-0.4, -0.2) is 18.6 Å². The van der Waals surface area contributed by atoms with E-state index in [2.05, 4.69) is 95.4 Å². The van der Waals surface area contributed by atoms with Gasteiger partial charge in [-0.3, -0.25) is 0 Å². The summed E-state index contributed by atoms with van der Waals surface area (Å²) in [6.07, 6.45) is 0. The van der Waals surface area contributed by atoms with Gasteiger partial charge in [-0.05, 0) is 82.6 Å². The van der Waals surface area contributed by atoms with Gasteiger partial charge in [0.25, 0.3) is 0 Å². The Balaban J connectivity index is 1.39. The second-order valence-corrected chi connectivity index (χ2v) is 10.5. The maximum absolute atomic E-state index is 6.28. The number of rotatable bonds is 3. The Kier molecular flexibility index (Phi) is 4.16. The zero-order valence-electron chi connectivity index (χ0n) is 22.0. The summed E-state index contributed by atoms with van der Waals surface area (Å²) in [6, 6.07) is 36.7. The van der Waals surface area contributed by atoms with Gasteiger partial charge in [-0.2, -0.15) is 0 Å². The van der Waals surface area contributed by atoms with Gasteiger partial charge >= 0.3 is 0 Å². The molecule has 9 aromatic rings. The van der Waals surface area contributed by atoms with Crippen molar-refractivity contribution in [3.05, 3.63) is 103 Å². The average Bonchev–Trinajstić information content (AvgIpc) is 3.64. The van der Waals surface area contributed by atoms with Crippen LogP contribution < -0.4 is 9.47 Å². The normalized spacial score (nSPS) is 12.2. The van der Waals surface area contributed by atoms with E-state index in [1.807, 2.05) is 12.1 Å². The van der Waals surface area contributed by atoms with Gasteiger partial charge in [0.05, 0.1) is 36.2 Å². The van der Waals surface area contributed by atoms with Crippen molar-refractivity contribution in [1.82, 2.24) is 4.40 Å². The summed E-state index contributed by atoms with van der Waals surface area (Å²) in [5, 5.41) is 9.36. The molecule has 0 unspecified atom stereocenters. The highest BCUT2D eigenvalue weighted by Crippen LogP contribution is 2.45. The Labute approximate surface area is 228 Å². The Morgan fingerprint density at radius 2 is 1.35 bits per heavy atom. The van der Waals surface area contributed by atoms with Crippen molar-refractivity contribution in [3.8, 4) is 22.6 Å². The van der Waals surface area contributed by atoms with E-state index in [1.165, 1.54) is 49.2 Å². The molecule has 4 nitrogen and oxygen atoms in total. The standard InChI is InChI=1S/C36H23NO3/c1-38-24-9-10-25-28-16-22-15-27-26-11-13-32(39-2)35-29-14-21(20-6-4-3-5-7-20)8-12-30(29)37(36(26)35)31(27)17-23(22)18-33(28)40-34(25)19-24/h3-19H,1-2H3. The largest absolute Gasteiger partial charge is 0.497 e. The maximum atomic E-state index is 6.28. The predicted octanol–water partition coefficient (Wildman–Crippen LogP) is 9.57. The third-order valence-electron chi connectivity index (χ3n) is 8.48. The first-order valence-electron chi connectivity index (χ1n) is 13.4. The lowest BCUT2D eigenvalue weighted by Gasteiger charge is -2.06. The number of ether oxygens (including phenoxy) is 2. The molecular weight excluding hydrogens is 494 g/mol. The molecule has 3 aromatic heterocycles. The average molecular weight is 518 g/mol. The molecule has 0 atom stereocenters. The first-order valence-corrected chi connectivity index (χ1v) is 13.4. The number of fused-ring (bicyclic) bond motifs is 10. The Bertz CT molecular complexity index is 2450. The molecular formula is C36H23NO3. The van der Waals surface area contributed by atoms with E-state index in [0.717, 1.165) is 44.2 Å². The first-order chi connectivity index (χ1) is 19.7. The topological polar surface area (TPSA) is 36.0 Å². The minimum absolute atomic E-state index is 0.793. The quantitative estimate of drug-likeness (QED) is 0.234. The number of furan rings is 1. The maximum Gasteiger partial charge on any atom is 0.139 e. The number of nitrogens with zero attached hydrogens (tertiary/aromatic N) is 1. The first kappa shape index (κ1) is 21.7. The summed E-state index contributed by atoms with van der Waals surface area (Å²) in [6.45, 7) is 0. The van der Waals surface area contributed by atoms with Gasteiger partial charge in [0.15, 0.2) is 0 Å². The molecule has 9 rings (SSSR count). The molecule has 0 saturated carbocycles. The molecule has 0 amide bonds. The van der Waals surface area contributed by atoms with Gasteiger partial charge in [0.1, 0.15) is 22.7 Å². The van der Waals surface area contributed by atoms with Gasteiger partial charge in [0, 0.05) is 33.0 Å². The van der Waals surface area contributed by atoms with Crippen LogP contribution >= 0.6 is 0 Å². The monoisotopic (exact) mass is 517 g/mol. The molecule has 0 fully saturated rings. The van der Waals surface area contributed by atoms with Gasteiger partial charge < -0.3 is 18.3 Å². The highest BCUT2D eigenvalue weighted by Gasteiger charge is 2.21. The molecule has 4 heteroatoms. The van der Waals surface area contributed by atoms with Crippen LogP contribution in [0.1, 0.15) is 0 Å². The summed E-state index contributed by atoms with van der Waals surface area (Å²) in [4.78, 5) is 0. The van der Waals surface area contributed by atoms with Crippen LogP contribution in [0.25, 0.3) is 81.9 Å². The molecule has 0 aliphatic heterocycles. The fourth-order valence-corrected chi connectivity index (χ4v) is 6.63. The SMILES string of the molecule is COc1ccc2c(c1)oc1cc3cc4c(cc3cc12)c1ccc(OC)c2c3cc(-c5ccccc5)ccc3n4c12. The highest BCUT2D eigenvalue weighted by atomic mass is 16.5. The summed E-state index contributed by atoms with van der Waals surface area (Å²) < 4.78 is 20.0. The minimum atomic E-state index is 0.793. The van der Waals surface area contributed by atoms with Crippen molar-refractivity contribution >= 4 is 70.8 Å². The predicted molar refractivity (Wildman–Crippen MR) is 164 cm³/mol. The van der Waals surface area contributed by atoms with E-state index in [1.54, 1.807) is 14.2 Å². The summed E-state index contributed by atoms with van der Waals surface area (Å²) in [5.74, 6) is 1.69.